The predicted molar refractivity (Wildman–Crippen MR) is 94.6 cm³/mol. The molecule has 3 heterocycles. The van der Waals surface area contributed by atoms with E-state index in [1.165, 1.54) is 5.69 Å². The average Bonchev–Trinajstić information content (AvgIpc) is 3.18. The number of likely N-dealkylation sites (tertiary alicyclic amines) is 1. The zero-order chi connectivity index (χ0) is 17.4. The standard InChI is InChI=1S/C19H25N3O3/c1-25-16-4-2-14(3-5-16)21-9-6-15(7-10-21)22-11-8-19(13-22)12-17(23)20-18(19)24/h2-5,15H,6-13H2,1H3,(H,20,23,24)/t19-/m1/s1. The van der Waals surface area contributed by atoms with Crippen molar-refractivity contribution in [3.8, 4) is 5.75 Å². The molecule has 4 rings (SSSR count). The monoisotopic (exact) mass is 343 g/mol. The van der Waals surface area contributed by atoms with E-state index in [4.69, 9.17) is 4.74 Å². The van der Waals surface area contributed by atoms with Crippen molar-refractivity contribution in [1.29, 1.82) is 0 Å². The summed E-state index contributed by atoms with van der Waals surface area (Å²) < 4.78 is 5.22. The zero-order valence-corrected chi connectivity index (χ0v) is 14.7. The summed E-state index contributed by atoms with van der Waals surface area (Å²) in [6, 6.07) is 8.73. The fourth-order valence-electron chi connectivity index (χ4n) is 4.52. The zero-order valence-electron chi connectivity index (χ0n) is 14.7. The number of nitrogens with zero attached hydrogens (tertiary/aromatic N) is 2. The predicted octanol–water partition coefficient (Wildman–Crippen LogP) is 1.40. The van der Waals surface area contributed by atoms with Crippen LogP contribution in [-0.2, 0) is 9.59 Å². The quantitative estimate of drug-likeness (QED) is 0.841. The topological polar surface area (TPSA) is 61.9 Å². The molecular weight excluding hydrogens is 318 g/mol. The van der Waals surface area contributed by atoms with E-state index in [0.29, 0.717) is 12.5 Å². The van der Waals surface area contributed by atoms with Gasteiger partial charge < -0.3 is 9.64 Å². The van der Waals surface area contributed by atoms with Crippen LogP contribution < -0.4 is 15.0 Å². The summed E-state index contributed by atoms with van der Waals surface area (Å²) in [5, 5.41) is 2.49. The molecule has 25 heavy (non-hydrogen) atoms. The molecule has 134 valence electrons. The van der Waals surface area contributed by atoms with Gasteiger partial charge in [0.05, 0.1) is 12.5 Å². The molecule has 1 spiro atoms. The number of imide groups is 1. The van der Waals surface area contributed by atoms with Crippen LogP contribution >= 0.6 is 0 Å². The van der Waals surface area contributed by atoms with Crippen LogP contribution in [0.5, 0.6) is 5.75 Å². The summed E-state index contributed by atoms with van der Waals surface area (Å²) in [6.07, 6.45) is 3.37. The highest BCUT2D eigenvalue weighted by molar-refractivity contribution is 6.06. The van der Waals surface area contributed by atoms with Gasteiger partial charge in [0.15, 0.2) is 0 Å². The number of piperidine rings is 1. The van der Waals surface area contributed by atoms with Gasteiger partial charge in [-0.2, -0.15) is 0 Å². The van der Waals surface area contributed by atoms with Crippen LogP contribution in [0, 0.1) is 5.41 Å². The van der Waals surface area contributed by atoms with Crippen LogP contribution in [0.2, 0.25) is 0 Å². The molecule has 3 saturated heterocycles. The van der Waals surface area contributed by atoms with Crippen LogP contribution in [0.1, 0.15) is 25.7 Å². The Bertz CT molecular complexity index is 667. The van der Waals surface area contributed by atoms with Crippen LogP contribution in [0.3, 0.4) is 0 Å². The first-order chi connectivity index (χ1) is 12.1. The molecule has 3 aliphatic rings. The van der Waals surface area contributed by atoms with Gasteiger partial charge in [0.25, 0.3) is 0 Å². The van der Waals surface area contributed by atoms with Crippen molar-refractivity contribution in [3.63, 3.8) is 0 Å². The van der Waals surface area contributed by atoms with Crippen molar-refractivity contribution in [2.45, 2.75) is 31.7 Å². The second-order valence-electron chi connectivity index (χ2n) is 7.47. The molecule has 3 fully saturated rings. The third-order valence-electron chi connectivity index (χ3n) is 6.04. The van der Waals surface area contributed by atoms with Crippen molar-refractivity contribution in [3.05, 3.63) is 24.3 Å². The summed E-state index contributed by atoms with van der Waals surface area (Å²) in [5.74, 6) is 0.710. The van der Waals surface area contributed by atoms with E-state index < -0.39 is 5.41 Å². The fraction of sp³-hybridized carbons (Fsp3) is 0.579. The smallest absolute Gasteiger partial charge is 0.234 e. The molecule has 0 unspecified atom stereocenters. The third-order valence-corrected chi connectivity index (χ3v) is 6.04. The Morgan fingerprint density at radius 3 is 2.44 bits per heavy atom. The Labute approximate surface area is 148 Å². The minimum Gasteiger partial charge on any atom is -0.497 e. The molecule has 0 bridgehead atoms. The highest BCUT2D eigenvalue weighted by Crippen LogP contribution is 2.39. The second kappa shape index (κ2) is 6.33. The third kappa shape index (κ3) is 2.99. The van der Waals surface area contributed by atoms with Gasteiger partial charge >= 0.3 is 0 Å². The Balaban J connectivity index is 1.35. The number of carbonyl (C=O) groups excluding carboxylic acids is 2. The number of hydrogen-bond donors (Lipinski definition) is 1. The van der Waals surface area contributed by atoms with Gasteiger partial charge in [-0.25, -0.2) is 0 Å². The number of hydrogen-bond acceptors (Lipinski definition) is 5. The number of benzene rings is 1. The van der Waals surface area contributed by atoms with Gasteiger partial charge in [-0.05, 0) is 50.1 Å². The van der Waals surface area contributed by atoms with Crippen LogP contribution in [0.4, 0.5) is 5.69 Å². The van der Waals surface area contributed by atoms with Gasteiger partial charge in [-0.15, -0.1) is 0 Å². The molecule has 0 saturated carbocycles. The number of nitrogens with one attached hydrogen (secondary N) is 1. The molecule has 1 N–H and O–H groups in total. The lowest BCUT2D eigenvalue weighted by atomic mass is 9.85. The summed E-state index contributed by atoms with van der Waals surface area (Å²) in [5.41, 5.74) is 0.780. The Kier molecular flexibility index (Phi) is 4.15. The van der Waals surface area contributed by atoms with Crippen molar-refractivity contribution in [2.24, 2.45) is 5.41 Å². The second-order valence-corrected chi connectivity index (χ2v) is 7.47. The summed E-state index contributed by atoms with van der Waals surface area (Å²) in [7, 11) is 1.68. The molecule has 0 radical (unpaired) electrons. The minimum absolute atomic E-state index is 0.0596. The highest BCUT2D eigenvalue weighted by Gasteiger charge is 2.51. The number of amides is 2. The number of methoxy groups -OCH3 is 1. The van der Waals surface area contributed by atoms with E-state index in [2.05, 4.69) is 27.2 Å². The van der Waals surface area contributed by atoms with Gasteiger partial charge in [0, 0.05) is 37.8 Å². The summed E-state index contributed by atoms with van der Waals surface area (Å²) >= 11 is 0. The van der Waals surface area contributed by atoms with Crippen molar-refractivity contribution >= 4 is 17.5 Å². The maximum absolute atomic E-state index is 12.1. The van der Waals surface area contributed by atoms with Crippen molar-refractivity contribution in [1.82, 2.24) is 10.2 Å². The fourth-order valence-corrected chi connectivity index (χ4v) is 4.52. The molecule has 1 atom stereocenters. The van der Waals surface area contributed by atoms with Crippen molar-refractivity contribution < 1.29 is 14.3 Å². The molecule has 1 aromatic carbocycles. The molecule has 6 heteroatoms. The van der Waals surface area contributed by atoms with E-state index in [9.17, 15) is 9.59 Å². The summed E-state index contributed by atoms with van der Waals surface area (Å²) in [6.45, 7) is 3.70. The summed E-state index contributed by atoms with van der Waals surface area (Å²) in [4.78, 5) is 28.6. The average molecular weight is 343 g/mol. The number of anilines is 1. The lowest BCUT2D eigenvalue weighted by Crippen LogP contribution is -2.45. The molecule has 2 amide bonds. The minimum atomic E-state index is -0.454. The van der Waals surface area contributed by atoms with Gasteiger partial charge in [-0.1, -0.05) is 0 Å². The molecular formula is C19H25N3O3. The number of ether oxygens (including phenoxy) is 1. The Morgan fingerprint density at radius 2 is 1.84 bits per heavy atom. The largest absolute Gasteiger partial charge is 0.497 e. The Morgan fingerprint density at radius 1 is 1.12 bits per heavy atom. The van der Waals surface area contributed by atoms with Gasteiger partial charge in [-0.3, -0.25) is 19.8 Å². The maximum Gasteiger partial charge on any atom is 0.234 e. The normalized spacial score (nSPS) is 28.0. The lowest BCUT2D eigenvalue weighted by Gasteiger charge is -2.38. The molecule has 3 aliphatic heterocycles. The Hall–Kier alpha value is -2.08. The maximum atomic E-state index is 12.1. The van der Waals surface area contributed by atoms with Crippen molar-refractivity contribution in [2.75, 3.05) is 38.2 Å². The molecule has 0 aliphatic carbocycles. The van der Waals surface area contributed by atoms with E-state index in [0.717, 1.165) is 51.2 Å². The first-order valence-corrected chi connectivity index (χ1v) is 9.07. The number of carbonyl (C=O) groups is 2. The lowest BCUT2D eigenvalue weighted by molar-refractivity contribution is -0.128. The highest BCUT2D eigenvalue weighted by atomic mass is 16.5. The van der Waals surface area contributed by atoms with E-state index >= 15 is 0 Å². The number of rotatable bonds is 3. The first kappa shape index (κ1) is 16.4. The van der Waals surface area contributed by atoms with E-state index in [-0.39, 0.29) is 11.8 Å². The molecule has 6 nitrogen and oxygen atoms in total. The van der Waals surface area contributed by atoms with Gasteiger partial charge in [0.1, 0.15) is 5.75 Å². The van der Waals surface area contributed by atoms with E-state index in [1.807, 2.05) is 12.1 Å². The first-order valence-electron chi connectivity index (χ1n) is 9.07. The van der Waals surface area contributed by atoms with Gasteiger partial charge in [0.2, 0.25) is 11.8 Å². The van der Waals surface area contributed by atoms with Crippen LogP contribution in [0.15, 0.2) is 24.3 Å². The van der Waals surface area contributed by atoms with E-state index in [1.54, 1.807) is 7.11 Å². The molecule has 1 aromatic rings. The van der Waals surface area contributed by atoms with Crippen LogP contribution in [-0.4, -0.2) is 56.0 Å². The van der Waals surface area contributed by atoms with Crippen LogP contribution in [0.25, 0.3) is 0 Å². The SMILES string of the molecule is COc1ccc(N2CCC(N3CC[C@@]4(CC(=O)NC4=O)C3)CC2)cc1. The molecule has 0 aromatic heterocycles.